The van der Waals surface area contributed by atoms with Crippen LogP contribution in [-0.4, -0.2) is 46.7 Å². The highest BCUT2D eigenvalue weighted by Gasteiger charge is 2.33. The number of nitrogens with zero attached hydrogens (tertiary/aromatic N) is 2. The highest BCUT2D eigenvalue weighted by Crippen LogP contribution is 2.32. The topological polar surface area (TPSA) is 101 Å². The number of carbonyl (C=O) groups excluding carboxylic acids is 2. The van der Waals surface area contributed by atoms with E-state index in [1.807, 2.05) is 19.1 Å². The largest absolute Gasteiger partial charge is 0.481 e. The summed E-state index contributed by atoms with van der Waals surface area (Å²) in [7, 11) is 3.01. The second kappa shape index (κ2) is 8.48. The van der Waals surface area contributed by atoms with Gasteiger partial charge in [0.1, 0.15) is 5.52 Å². The van der Waals surface area contributed by atoms with Crippen LogP contribution in [0.3, 0.4) is 0 Å². The molecule has 2 N–H and O–H groups in total. The normalized spacial score (nSPS) is 13.1. The van der Waals surface area contributed by atoms with Crippen LogP contribution in [0.2, 0.25) is 0 Å². The predicted molar refractivity (Wildman–Crippen MR) is 114 cm³/mol. The minimum absolute atomic E-state index is 0.0931. The van der Waals surface area contributed by atoms with Crippen LogP contribution in [0.25, 0.3) is 11.0 Å². The van der Waals surface area contributed by atoms with Crippen LogP contribution in [0.5, 0.6) is 5.88 Å². The lowest BCUT2D eigenvalue weighted by Crippen LogP contribution is -2.39. The van der Waals surface area contributed by atoms with Gasteiger partial charge in [0.05, 0.1) is 23.3 Å². The van der Waals surface area contributed by atoms with Gasteiger partial charge in [-0.05, 0) is 38.1 Å². The van der Waals surface area contributed by atoms with Gasteiger partial charge in [-0.15, -0.1) is 23.1 Å². The average molecular weight is 432 g/mol. The second-order valence-electron chi connectivity index (χ2n) is 6.51. The van der Waals surface area contributed by atoms with Crippen molar-refractivity contribution in [3.8, 4) is 5.88 Å². The van der Waals surface area contributed by atoms with E-state index in [4.69, 9.17) is 4.74 Å². The number of nitrogens with one attached hydrogen (secondary N) is 1. The molecule has 7 nitrogen and oxygen atoms in total. The number of aryl methyl sites for hydroxylation is 1. The average Bonchev–Trinajstić information content (AvgIpc) is 3.21. The molecule has 0 saturated carbocycles. The molecule has 0 fully saturated rings. The van der Waals surface area contributed by atoms with Gasteiger partial charge in [0, 0.05) is 28.6 Å². The third kappa shape index (κ3) is 4.42. The van der Waals surface area contributed by atoms with Crippen molar-refractivity contribution in [1.82, 2.24) is 15.3 Å². The molecule has 1 atom stereocenters. The summed E-state index contributed by atoms with van der Waals surface area (Å²) in [5.41, 5.74) is 0.576. The van der Waals surface area contributed by atoms with Gasteiger partial charge in [0.2, 0.25) is 5.88 Å². The zero-order valence-electron chi connectivity index (χ0n) is 16.5. The van der Waals surface area contributed by atoms with Gasteiger partial charge >= 0.3 is 0 Å². The Morgan fingerprint density at radius 2 is 2.03 bits per heavy atom. The summed E-state index contributed by atoms with van der Waals surface area (Å²) in [6.45, 7) is 3.30. The van der Waals surface area contributed by atoms with Crippen molar-refractivity contribution in [3.05, 3.63) is 45.8 Å². The van der Waals surface area contributed by atoms with Gasteiger partial charge in [0.25, 0.3) is 5.91 Å². The number of aliphatic hydroxyl groups is 1. The maximum absolute atomic E-state index is 12.7. The minimum Gasteiger partial charge on any atom is -0.481 e. The summed E-state index contributed by atoms with van der Waals surface area (Å²) >= 11 is 2.49. The second-order valence-corrected chi connectivity index (χ2v) is 8.61. The molecule has 0 radical (unpaired) electrons. The zero-order chi connectivity index (χ0) is 21.2. The molecule has 3 aromatic heterocycles. The SMILES string of the molecule is CNC(=O)[C@](C)(O)c1ccc(C(=O)CSc2cc(C)nc3ccc(OC)nc23)s1. The quantitative estimate of drug-likeness (QED) is 0.438. The molecule has 0 saturated heterocycles. The van der Waals surface area contributed by atoms with Gasteiger partial charge in [-0.2, -0.15) is 0 Å². The van der Waals surface area contributed by atoms with Crippen LogP contribution in [0.1, 0.15) is 27.2 Å². The Hall–Kier alpha value is -2.49. The maximum Gasteiger partial charge on any atom is 0.256 e. The molecule has 0 unspecified atom stereocenters. The Balaban J connectivity index is 1.80. The number of hydrogen-bond donors (Lipinski definition) is 2. The molecule has 0 aliphatic heterocycles. The number of Topliss-reactive ketones (excluding diaryl/α,β-unsaturated/α-hetero) is 1. The number of fused-ring (bicyclic) bond motifs is 1. The van der Waals surface area contributed by atoms with Gasteiger partial charge in [0.15, 0.2) is 11.4 Å². The highest BCUT2D eigenvalue weighted by atomic mass is 32.2. The van der Waals surface area contributed by atoms with Crippen molar-refractivity contribution >= 4 is 45.8 Å². The fraction of sp³-hybridized carbons (Fsp3) is 0.300. The van der Waals surface area contributed by atoms with E-state index in [0.717, 1.165) is 27.4 Å². The number of thiophene rings is 1. The number of pyridine rings is 2. The van der Waals surface area contributed by atoms with Crippen LogP contribution >= 0.6 is 23.1 Å². The first-order chi connectivity index (χ1) is 13.8. The summed E-state index contributed by atoms with van der Waals surface area (Å²) in [6.07, 6.45) is 0. The Morgan fingerprint density at radius 1 is 1.28 bits per heavy atom. The summed E-state index contributed by atoms with van der Waals surface area (Å²) in [5, 5.41) is 12.8. The first-order valence-corrected chi connectivity index (χ1v) is 10.6. The van der Waals surface area contributed by atoms with E-state index < -0.39 is 11.5 Å². The number of carbonyl (C=O) groups is 2. The number of amides is 1. The van der Waals surface area contributed by atoms with Crippen LogP contribution in [-0.2, 0) is 10.4 Å². The van der Waals surface area contributed by atoms with Crippen LogP contribution in [0, 0.1) is 6.92 Å². The summed E-state index contributed by atoms with van der Waals surface area (Å²) in [5.74, 6) is 0.0612. The number of ketones is 1. The Labute approximate surface area is 176 Å². The molecule has 0 aromatic carbocycles. The smallest absolute Gasteiger partial charge is 0.256 e. The zero-order valence-corrected chi connectivity index (χ0v) is 18.1. The fourth-order valence-electron chi connectivity index (χ4n) is 2.73. The number of likely N-dealkylation sites (N-methyl/N-ethyl adjacent to an activating group) is 1. The molecule has 3 aromatic rings. The first kappa shape index (κ1) is 21.2. The standard InChI is InChI=1S/C20H21N3O4S2/c1-11-9-15(18-12(22-11)5-8-17(23-18)27-4)28-10-13(24)14-6-7-16(29-14)20(2,26)19(25)21-3/h5-9,26H,10H2,1-4H3,(H,21,25)/t20-/m1/s1. The van der Waals surface area contributed by atoms with E-state index in [1.54, 1.807) is 25.3 Å². The van der Waals surface area contributed by atoms with Crippen molar-refractivity contribution in [3.63, 3.8) is 0 Å². The Bertz CT molecular complexity index is 1080. The number of methoxy groups -OCH3 is 1. The Kier molecular flexibility index (Phi) is 6.21. The molecule has 9 heteroatoms. The molecule has 29 heavy (non-hydrogen) atoms. The lowest BCUT2D eigenvalue weighted by atomic mass is 10.0. The molecule has 3 heterocycles. The van der Waals surface area contributed by atoms with Crippen molar-refractivity contribution < 1.29 is 19.4 Å². The molecular weight excluding hydrogens is 410 g/mol. The minimum atomic E-state index is -1.68. The van der Waals surface area contributed by atoms with E-state index in [0.29, 0.717) is 21.2 Å². The third-order valence-corrected chi connectivity index (χ3v) is 6.68. The molecule has 0 aliphatic carbocycles. The van der Waals surface area contributed by atoms with Gasteiger partial charge < -0.3 is 15.2 Å². The van der Waals surface area contributed by atoms with Crippen LogP contribution in [0.4, 0.5) is 0 Å². The van der Waals surface area contributed by atoms with Crippen LogP contribution in [0.15, 0.2) is 35.2 Å². The first-order valence-electron chi connectivity index (χ1n) is 8.79. The van der Waals surface area contributed by atoms with Crippen LogP contribution < -0.4 is 10.1 Å². The summed E-state index contributed by atoms with van der Waals surface area (Å²) < 4.78 is 5.20. The third-order valence-electron chi connectivity index (χ3n) is 4.32. The number of aromatic nitrogens is 2. The number of thioether (sulfide) groups is 1. The van der Waals surface area contributed by atoms with Crippen molar-refractivity contribution in [2.24, 2.45) is 0 Å². The van der Waals surface area contributed by atoms with E-state index in [2.05, 4.69) is 15.3 Å². The van der Waals surface area contributed by atoms with Gasteiger partial charge in [-0.3, -0.25) is 14.6 Å². The number of rotatable bonds is 7. The number of ether oxygens (including phenoxy) is 1. The lowest BCUT2D eigenvalue weighted by molar-refractivity contribution is -0.138. The van der Waals surface area contributed by atoms with Gasteiger partial charge in [-0.1, -0.05) is 0 Å². The van der Waals surface area contributed by atoms with E-state index in [9.17, 15) is 14.7 Å². The van der Waals surface area contributed by atoms with Crippen molar-refractivity contribution in [2.45, 2.75) is 24.3 Å². The summed E-state index contributed by atoms with van der Waals surface area (Å²) in [4.78, 5) is 35.2. The van der Waals surface area contributed by atoms with Gasteiger partial charge in [-0.25, -0.2) is 4.98 Å². The Morgan fingerprint density at radius 3 is 2.72 bits per heavy atom. The van der Waals surface area contributed by atoms with Crippen molar-refractivity contribution in [2.75, 3.05) is 19.9 Å². The molecule has 0 aliphatic rings. The molecule has 0 spiro atoms. The monoisotopic (exact) mass is 431 g/mol. The number of hydrogen-bond acceptors (Lipinski definition) is 8. The van der Waals surface area contributed by atoms with E-state index >= 15 is 0 Å². The maximum atomic E-state index is 12.7. The fourth-order valence-corrected chi connectivity index (χ4v) is 4.79. The van der Waals surface area contributed by atoms with E-state index in [-0.39, 0.29) is 11.5 Å². The van der Waals surface area contributed by atoms with Crippen molar-refractivity contribution in [1.29, 1.82) is 0 Å². The highest BCUT2D eigenvalue weighted by molar-refractivity contribution is 8.00. The molecule has 1 amide bonds. The molecule has 3 rings (SSSR count). The summed E-state index contributed by atoms with van der Waals surface area (Å²) in [6, 6.07) is 8.73. The molecule has 0 bridgehead atoms. The predicted octanol–water partition coefficient (Wildman–Crippen LogP) is 2.94. The lowest BCUT2D eigenvalue weighted by Gasteiger charge is -2.19. The molecule has 152 valence electrons. The van der Waals surface area contributed by atoms with E-state index in [1.165, 1.54) is 25.7 Å². The molecular formula is C20H21N3O4S2.